The van der Waals surface area contributed by atoms with E-state index in [9.17, 15) is 10.1 Å². The molecule has 0 aliphatic heterocycles. The standard InChI is InChI=1S/C18H19N3O2S/c1-18(2)7-12(5-13(8-18)14(9-19)10-20)6-16(24-4)15(11-21)17(22)23-3/h5H,6-8H2,1-4H3. The molecule has 0 unspecified atom stereocenters. The number of allylic oxidation sites excluding steroid dienone is 5. The Morgan fingerprint density at radius 3 is 2.33 bits per heavy atom. The van der Waals surface area contributed by atoms with Crippen molar-refractivity contribution in [3.8, 4) is 18.2 Å². The van der Waals surface area contributed by atoms with Crippen molar-refractivity contribution in [2.24, 2.45) is 5.41 Å². The highest BCUT2D eigenvalue weighted by molar-refractivity contribution is 8.02. The van der Waals surface area contributed by atoms with Gasteiger partial charge in [0.1, 0.15) is 29.4 Å². The van der Waals surface area contributed by atoms with Gasteiger partial charge < -0.3 is 4.74 Å². The Hall–Kier alpha value is -2.49. The summed E-state index contributed by atoms with van der Waals surface area (Å²) in [6.07, 6.45) is 5.50. The van der Waals surface area contributed by atoms with Crippen molar-refractivity contribution in [2.45, 2.75) is 33.1 Å². The highest BCUT2D eigenvalue weighted by Crippen LogP contribution is 2.42. The smallest absolute Gasteiger partial charge is 0.349 e. The minimum atomic E-state index is -0.650. The summed E-state index contributed by atoms with van der Waals surface area (Å²) in [6.45, 7) is 4.14. The topological polar surface area (TPSA) is 97.7 Å². The van der Waals surface area contributed by atoms with Crippen LogP contribution < -0.4 is 0 Å². The monoisotopic (exact) mass is 341 g/mol. The summed E-state index contributed by atoms with van der Waals surface area (Å²) >= 11 is 1.33. The number of esters is 1. The Kier molecular flexibility index (Phi) is 6.83. The van der Waals surface area contributed by atoms with Crippen LogP contribution in [-0.4, -0.2) is 19.3 Å². The van der Waals surface area contributed by atoms with Gasteiger partial charge in [-0.2, -0.15) is 15.8 Å². The molecule has 1 aliphatic carbocycles. The van der Waals surface area contributed by atoms with Crippen molar-refractivity contribution in [1.82, 2.24) is 0 Å². The maximum Gasteiger partial charge on any atom is 0.349 e. The lowest BCUT2D eigenvalue weighted by Gasteiger charge is -2.31. The molecule has 5 nitrogen and oxygen atoms in total. The van der Waals surface area contributed by atoms with E-state index in [-0.39, 0.29) is 16.6 Å². The number of hydrogen-bond acceptors (Lipinski definition) is 6. The molecule has 0 radical (unpaired) electrons. The van der Waals surface area contributed by atoms with Gasteiger partial charge >= 0.3 is 5.97 Å². The van der Waals surface area contributed by atoms with Gasteiger partial charge in [-0.1, -0.05) is 25.5 Å². The van der Waals surface area contributed by atoms with Gasteiger partial charge in [0, 0.05) is 11.3 Å². The third-order valence-electron chi connectivity index (χ3n) is 3.71. The van der Waals surface area contributed by atoms with Gasteiger partial charge in [0.15, 0.2) is 0 Å². The Labute approximate surface area is 146 Å². The second kappa shape index (κ2) is 8.39. The zero-order valence-corrected chi connectivity index (χ0v) is 15.1. The maximum absolute atomic E-state index is 11.7. The predicted molar refractivity (Wildman–Crippen MR) is 92.1 cm³/mol. The molecular formula is C18H19N3O2S. The molecule has 0 aromatic carbocycles. The first kappa shape index (κ1) is 19.6. The molecule has 1 aliphatic rings. The third-order valence-corrected chi connectivity index (χ3v) is 4.55. The summed E-state index contributed by atoms with van der Waals surface area (Å²) in [7, 11) is 1.24. The van der Waals surface area contributed by atoms with Gasteiger partial charge in [-0.15, -0.1) is 11.8 Å². The number of ether oxygens (including phenoxy) is 1. The number of hydrogen-bond donors (Lipinski definition) is 0. The summed E-state index contributed by atoms with van der Waals surface area (Å²) in [4.78, 5) is 12.4. The average Bonchev–Trinajstić information content (AvgIpc) is 2.53. The maximum atomic E-state index is 11.7. The van der Waals surface area contributed by atoms with Gasteiger partial charge in [0.05, 0.1) is 7.11 Å². The fraction of sp³-hybridized carbons (Fsp3) is 0.444. The lowest BCUT2D eigenvalue weighted by atomic mass is 9.73. The van der Waals surface area contributed by atoms with Crippen molar-refractivity contribution in [3.63, 3.8) is 0 Å². The van der Waals surface area contributed by atoms with E-state index in [4.69, 9.17) is 10.5 Å². The Balaban J connectivity index is 3.35. The van der Waals surface area contributed by atoms with Crippen LogP contribution in [0.5, 0.6) is 0 Å². The molecule has 0 aromatic rings. The molecule has 0 spiro atoms. The van der Waals surface area contributed by atoms with Crippen LogP contribution in [0.4, 0.5) is 0 Å². The summed E-state index contributed by atoms with van der Waals surface area (Å²) in [5.74, 6) is -0.650. The first-order valence-corrected chi connectivity index (χ1v) is 8.52. The molecule has 0 aromatic heterocycles. The zero-order chi connectivity index (χ0) is 18.3. The molecule has 0 bridgehead atoms. The van der Waals surface area contributed by atoms with Gasteiger partial charge in [0.25, 0.3) is 0 Å². The molecule has 0 saturated carbocycles. The minimum absolute atomic E-state index is 0.000555. The average molecular weight is 341 g/mol. The van der Waals surface area contributed by atoms with E-state index >= 15 is 0 Å². The number of methoxy groups -OCH3 is 1. The number of rotatable bonds is 4. The second-order valence-corrected chi connectivity index (χ2v) is 7.13. The fourth-order valence-corrected chi connectivity index (χ4v) is 3.44. The van der Waals surface area contributed by atoms with Gasteiger partial charge in [-0.25, -0.2) is 4.79 Å². The van der Waals surface area contributed by atoms with E-state index in [1.54, 1.807) is 6.26 Å². The first-order valence-electron chi connectivity index (χ1n) is 7.30. The Morgan fingerprint density at radius 2 is 1.88 bits per heavy atom. The predicted octanol–water partition coefficient (Wildman–Crippen LogP) is 3.78. The van der Waals surface area contributed by atoms with Crippen molar-refractivity contribution in [3.05, 3.63) is 33.3 Å². The SMILES string of the molecule is COC(=O)C(C#N)=C(CC1=CC(=C(C#N)C#N)CC(C)(C)C1)SC. The molecule has 0 atom stereocenters. The Bertz CT molecular complexity index is 737. The van der Waals surface area contributed by atoms with Crippen LogP contribution in [0.25, 0.3) is 0 Å². The fourth-order valence-electron chi connectivity index (χ4n) is 2.78. The molecular weight excluding hydrogens is 322 g/mol. The summed E-state index contributed by atoms with van der Waals surface area (Å²) in [6, 6.07) is 5.79. The largest absolute Gasteiger partial charge is 0.465 e. The second-order valence-electron chi connectivity index (χ2n) is 6.23. The molecule has 1 rings (SSSR count). The molecule has 0 saturated heterocycles. The normalized spacial score (nSPS) is 16.7. The van der Waals surface area contributed by atoms with Gasteiger partial charge in [-0.3, -0.25) is 0 Å². The highest BCUT2D eigenvalue weighted by Gasteiger charge is 2.28. The summed E-state index contributed by atoms with van der Waals surface area (Å²) < 4.78 is 4.66. The quantitative estimate of drug-likeness (QED) is 0.438. The lowest BCUT2D eigenvalue weighted by Crippen LogP contribution is -2.18. The van der Waals surface area contributed by atoms with Crippen LogP contribution in [-0.2, 0) is 9.53 Å². The number of nitrogens with zero attached hydrogens (tertiary/aromatic N) is 3. The number of thioether (sulfide) groups is 1. The van der Waals surface area contributed by atoms with E-state index in [1.165, 1.54) is 18.9 Å². The van der Waals surface area contributed by atoms with Crippen LogP contribution in [0, 0.1) is 39.4 Å². The molecule has 0 amide bonds. The number of carbonyl (C=O) groups is 1. The summed E-state index contributed by atoms with van der Waals surface area (Å²) in [5.41, 5.74) is 1.72. The minimum Gasteiger partial charge on any atom is -0.465 e. The molecule has 0 heterocycles. The van der Waals surface area contributed by atoms with Crippen molar-refractivity contribution in [2.75, 3.05) is 13.4 Å². The first-order chi connectivity index (χ1) is 11.3. The van der Waals surface area contributed by atoms with Crippen molar-refractivity contribution >= 4 is 17.7 Å². The van der Waals surface area contributed by atoms with E-state index in [1.807, 2.05) is 24.3 Å². The van der Waals surface area contributed by atoms with Crippen LogP contribution >= 0.6 is 11.8 Å². The molecule has 6 heteroatoms. The zero-order valence-electron chi connectivity index (χ0n) is 14.3. The van der Waals surface area contributed by atoms with Crippen LogP contribution in [0.15, 0.2) is 33.3 Å². The van der Waals surface area contributed by atoms with E-state index < -0.39 is 5.97 Å². The summed E-state index contributed by atoms with van der Waals surface area (Å²) in [5, 5.41) is 27.5. The highest BCUT2D eigenvalue weighted by atomic mass is 32.2. The van der Waals surface area contributed by atoms with E-state index in [2.05, 4.69) is 18.6 Å². The molecule has 24 heavy (non-hydrogen) atoms. The van der Waals surface area contributed by atoms with E-state index in [0.717, 1.165) is 12.0 Å². The number of nitriles is 3. The lowest BCUT2D eigenvalue weighted by molar-refractivity contribution is -0.135. The van der Waals surface area contributed by atoms with Crippen LogP contribution in [0.1, 0.15) is 33.1 Å². The molecule has 0 fully saturated rings. The van der Waals surface area contributed by atoms with Gasteiger partial charge in [0.2, 0.25) is 0 Å². The van der Waals surface area contributed by atoms with Crippen LogP contribution in [0.2, 0.25) is 0 Å². The van der Waals surface area contributed by atoms with Crippen molar-refractivity contribution < 1.29 is 9.53 Å². The Morgan fingerprint density at radius 1 is 1.25 bits per heavy atom. The van der Waals surface area contributed by atoms with Gasteiger partial charge in [-0.05, 0) is 30.1 Å². The van der Waals surface area contributed by atoms with Crippen molar-refractivity contribution in [1.29, 1.82) is 15.8 Å². The third kappa shape index (κ3) is 4.75. The van der Waals surface area contributed by atoms with E-state index in [0.29, 0.717) is 23.3 Å². The number of carbonyl (C=O) groups excluding carboxylic acids is 1. The van der Waals surface area contributed by atoms with Crippen LogP contribution in [0.3, 0.4) is 0 Å². The molecule has 124 valence electrons. The molecule has 0 N–H and O–H groups in total.